The molecule has 21 heavy (non-hydrogen) atoms. The Hall–Kier alpha value is -1.89. The summed E-state index contributed by atoms with van der Waals surface area (Å²) in [5.41, 5.74) is 0.496. The Labute approximate surface area is 131 Å². The molecule has 0 saturated carbocycles. The Morgan fingerprint density at radius 2 is 1.86 bits per heavy atom. The van der Waals surface area contributed by atoms with E-state index in [0.717, 1.165) is 4.47 Å². The number of rotatable bonds is 7. The van der Waals surface area contributed by atoms with Crippen molar-refractivity contribution in [3.05, 3.63) is 34.3 Å². The van der Waals surface area contributed by atoms with Gasteiger partial charge in [-0.1, -0.05) is 22.9 Å². The predicted molar refractivity (Wildman–Crippen MR) is 80.9 cm³/mol. The summed E-state index contributed by atoms with van der Waals surface area (Å²) in [5.74, 6) is -1.74. The van der Waals surface area contributed by atoms with E-state index < -0.39 is 17.9 Å². The Morgan fingerprint density at radius 1 is 1.24 bits per heavy atom. The zero-order chi connectivity index (χ0) is 15.8. The van der Waals surface area contributed by atoms with Crippen LogP contribution in [0.15, 0.2) is 28.7 Å². The minimum absolute atomic E-state index is 0.0338. The molecule has 0 spiro atoms. The van der Waals surface area contributed by atoms with Crippen LogP contribution in [0.4, 0.5) is 0 Å². The van der Waals surface area contributed by atoms with Gasteiger partial charge in [0.25, 0.3) is 5.91 Å². The maximum atomic E-state index is 11.8. The highest BCUT2D eigenvalue weighted by atomic mass is 79.9. The van der Waals surface area contributed by atoms with E-state index in [1.54, 1.807) is 31.2 Å². The van der Waals surface area contributed by atoms with Crippen LogP contribution in [-0.2, 0) is 9.59 Å². The van der Waals surface area contributed by atoms with Gasteiger partial charge < -0.3 is 15.7 Å². The van der Waals surface area contributed by atoms with E-state index in [1.807, 2.05) is 0 Å². The second kappa shape index (κ2) is 8.41. The Balaban J connectivity index is 2.36. The Morgan fingerprint density at radius 3 is 2.38 bits per heavy atom. The molecule has 7 heteroatoms. The average Bonchev–Trinajstić information content (AvgIpc) is 2.45. The van der Waals surface area contributed by atoms with Crippen LogP contribution in [0.25, 0.3) is 0 Å². The molecular formula is C14H17BrN2O4. The van der Waals surface area contributed by atoms with E-state index in [9.17, 15) is 14.4 Å². The lowest BCUT2D eigenvalue weighted by Gasteiger charge is -2.12. The third-order valence-electron chi connectivity index (χ3n) is 2.79. The molecule has 3 N–H and O–H groups in total. The van der Waals surface area contributed by atoms with Crippen molar-refractivity contribution < 1.29 is 19.5 Å². The van der Waals surface area contributed by atoms with E-state index in [4.69, 9.17) is 5.11 Å². The largest absolute Gasteiger partial charge is 0.480 e. The van der Waals surface area contributed by atoms with Crippen molar-refractivity contribution in [2.45, 2.75) is 25.8 Å². The summed E-state index contributed by atoms with van der Waals surface area (Å²) in [6.07, 6.45) is 0.346. The van der Waals surface area contributed by atoms with Crippen LogP contribution in [0.1, 0.15) is 30.1 Å². The van der Waals surface area contributed by atoms with Crippen molar-refractivity contribution in [3.63, 3.8) is 0 Å². The highest BCUT2D eigenvalue weighted by Crippen LogP contribution is 2.10. The fourth-order valence-corrected chi connectivity index (χ4v) is 1.86. The maximum Gasteiger partial charge on any atom is 0.326 e. The van der Waals surface area contributed by atoms with Crippen molar-refractivity contribution in [2.75, 3.05) is 6.54 Å². The molecule has 1 rings (SSSR count). The van der Waals surface area contributed by atoms with Gasteiger partial charge in [-0.25, -0.2) is 4.79 Å². The summed E-state index contributed by atoms with van der Waals surface area (Å²) in [6, 6.07) is 5.94. The molecule has 1 aromatic carbocycles. The highest BCUT2D eigenvalue weighted by Gasteiger charge is 2.17. The second-order valence-corrected chi connectivity index (χ2v) is 5.30. The minimum atomic E-state index is -1.07. The first-order valence-corrected chi connectivity index (χ1v) is 7.29. The SMILES string of the molecule is CCC(NC(=O)CCNC(=O)c1ccc(Br)cc1)C(=O)O. The molecule has 2 amide bonds. The zero-order valence-electron chi connectivity index (χ0n) is 11.6. The van der Waals surface area contributed by atoms with Gasteiger partial charge in [-0.2, -0.15) is 0 Å². The van der Waals surface area contributed by atoms with E-state index in [0.29, 0.717) is 12.0 Å². The maximum absolute atomic E-state index is 11.8. The number of halogens is 1. The second-order valence-electron chi connectivity index (χ2n) is 4.38. The Kier molecular flexibility index (Phi) is 6.87. The molecule has 1 unspecified atom stereocenters. The topological polar surface area (TPSA) is 95.5 Å². The lowest BCUT2D eigenvalue weighted by Crippen LogP contribution is -2.41. The van der Waals surface area contributed by atoms with Gasteiger partial charge >= 0.3 is 5.97 Å². The first-order chi connectivity index (χ1) is 9.93. The van der Waals surface area contributed by atoms with Gasteiger partial charge in [0.1, 0.15) is 6.04 Å². The number of benzene rings is 1. The number of carboxylic acids is 1. The number of carbonyl (C=O) groups excluding carboxylic acids is 2. The minimum Gasteiger partial charge on any atom is -0.480 e. The van der Waals surface area contributed by atoms with Crippen LogP contribution in [0, 0.1) is 0 Å². The first kappa shape index (κ1) is 17.2. The first-order valence-electron chi connectivity index (χ1n) is 6.50. The van der Waals surface area contributed by atoms with Crippen LogP contribution in [-0.4, -0.2) is 35.5 Å². The molecule has 0 fully saturated rings. The van der Waals surface area contributed by atoms with E-state index in [1.165, 1.54) is 0 Å². The highest BCUT2D eigenvalue weighted by molar-refractivity contribution is 9.10. The standard InChI is InChI=1S/C14H17BrN2O4/c1-2-11(14(20)21)17-12(18)7-8-16-13(19)9-3-5-10(15)6-4-9/h3-6,11H,2,7-8H2,1H3,(H,16,19)(H,17,18)(H,20,21). The summed E-state index contributed by atoms with van der Waals surface area (Å²) in [7, 11) is 0. The van der Waals surface area contributed by atoms with Gasteiger partial charge in [-0.05, 0) is 30.7 Å². The Bertz CT molecular complexity index is 516. The average molecular weight is 357 g/mol. The smallest absolute Gasteiger partial charge is 0.326 e. The van der Waals surface area contributed by atoms with Crippen LogP contribution < -0.4 is 10.6 Å². The molecule has 6 nitrogen and oxygen atoms in total. The van der Waals surface area contributed by atoms with Gasteiger partial charge in [0.2, 0.25) is 5.91 Å². The summed E-state index contributed by atoms with van der Waals surface area (Å²) in [4.78, 5) is 34.1. The van der Waals surface area contributed by atoms with E-state index in [2.05, 4.69) is 26.6 Å². The lowest BCUT2D eigenvalue weighted by molar-refractivity contribution is -0.141. The molecule has 0 aliphatic carbocycles. The molecule has 0 saturated heterocycles. The molecule has 0 aliphatic rings. The third kappa shape index (κ3) is 5.95. The molecule has 0 radical (unpaired) electrons. The van der Waals surface area contributed by atoms with Gasteiger partial charge in [0, 0.05) is 23.0 Å². The lowest BCUT2D eigenvalue weighted by atomic mass is 10.2. The number of nitrogens with one attached hydrogen (secondary N) is 2. The van der Waals surface area contributed by atoms with E-state index >= 15 is 0 Å². The van der Waals surface area contributed by atoms with Crippen molar-refractivity contribution in [2.24, 2.45) is 0 Å². The monoisotopic (exact) mass is 356 g/mol. The van der Waals surface area contributed by atoms with Crippen molar-refractivity contribution in [3.8, 4) is 0 Å². The third-order valence-corrected chi connectivity index (χ3v) is 3.31. The quantitative estimate of drug-likeness (QED) is 0.690. The number of aliphatic carboxylic acids is 1. The molecule has 0 heterocycles. The van der Waals surface area contributed by atoms with Gasteiger partial charge in [-0.3, -0.25) is 9.59 Å². The molecule has 0 aliphatic heterocycles. The number of carboxylic acid groups (broad SMARTS) is 1. The van der Waals surface area contributed by atoms with E-state index in [-0.39, 0.29) is 18.9 Å². The van der Waals surface area contributed by atoms with Crippen LogP contribution in [0.3, 0.4) is 0 Å². The number of amides is 2. The van der Waals surface area contributed by atoms with Crippen LogP contribution in [0.5, 0.6) is 0 Å². The summed E-state index contributed by atoms with van der Waals surface area (Å²) in [5, 5.41) is 13.8. The van der Waals surface area contributed by atoms with Gasteiger partial charge in [-0.15, -0.1) is 0 Å². The molecule has 0 bridgehead atoms. The molecule has 1 aromatic rings. The normalized spacial score (nSPS) is 11.5. The van der Waals surface area contributed by atoms with Gasteiger partial charge in [0.15, 0.2) is 0 Å². The van der Waals surface area contributed by atoms with Crippen molar-refractivity contribution in [1.82, 2.24) is 10.6 Å². The zero-order valence-corrected chi connectivity index (χ0v) is 13.1. The van der Waals surface area contributed by atoms with Crippen molar-refractivity contribution in [1.29, 1.82) is 0 Å². The molecule has 1 atom stereocenters. The fourth-order valence-electron chi connectivity index (χ4n) is 1.60. The molecule has 114 valence electrons. The summed E-state index contributed by atoms with van der Waals surface area (Å²) < 4.78 is 0.873. The summed E-state index contributed by atoms with van der Waals surface area (Å²) in [6.45, 7) is 1.82. The fraction of sp³-hybridized carbons (Fsp3) is 0.357. The molecular weight excluding hydrogens is 340 g/mol. The van der Waals surface area contributed by atoms with Gasteiger partial charge in [0.05, 0.1) is 0 Å². The number of hydrogen-bond acceptors (Lipinski definition) is 3. The number of hydrogen-bond donors (Lipinski definition) is 3. The molecule has 0 aromatic heterocycles. The van der Waals surface area contributed by atoms with Crippen LogP contribution >= 0.6 is 15.9 Å². The predicted octanol–water partition coefficient (Wildman–Crippen LogP) is 1.55. The number of carbonyl (C=O) groups is 3. The van der Waals surface area contributed by atoms with Crippen molar-refractivity contribution >= 4 is 33.7 Å². The van der Waals surface area contributed by atoms with Crippen LogP contribution in [0.2, 0.25) is 0 Å². The summed E-state index contributed by atoms with van der Waals surface area (Å²) >= 11 is 3.27.